The predicted molar refractivity (Wildman–Crippen MR) is 88.2 cm³/mol. The van der Waals surface area contributed by atoms with Crippen LogP contribution in [0.25, 0.3) is 0 Å². The average Bonchev–Trinajstić information content (AvgIpc) is 2.53. The Labute approximate surface area is 137 Å². The number of ether oxygens (including phenoxy) is 1. The summed E-state index contributed by atoms with van der Waals surface area (Å²) in [4.78, 5) is 36.2. The van der Waals surface area contributed by atoms with E-state index in [2.05, 4.69) is 4.74 Å². The Bertz CT molecular complexity index is 551. The minimum Gasteiger partial charge on any atom is -0.469 e. The average molecular weight is 319 g/mol. The van der Waals surface area contributed by atoms with Gasteiger partial charge in [0.1, 0.15) is 5.78 Å². The molecule has 1 rings (SSSR count). The van der Waals surface area contributed by atoms with Crippen molar-refractivity contribution in [3.8, 4) is 0 Å². The number of hydrogen-bond donors (Lipinski definition) is 0. The van der Waals surface area contributed by atoms with Crippen LogP contribution < -0.4 is 0 Å². The summed E-state index contributed by atoms with van der Waals surface area (Å²) in [5, 5.41) is 0. The highest BCUT2D eigenvalue weighted by molar-refractivity contribution is 5.94. The Morgan fingerprint density at radius 2 is 1.78 bits per heavy atom. The van der Waals surface area contributed by atoms with Gasteiger partial charge in [0, 0.05) is 25.1 Å². The lowest BCUT2D eigenvalue weighted by molar-refractivity contribution is -0.141. The SMILES string of the molecule is COC(=O)CC(C)N(C)C(=O)c1ccc(CCCC(C)=O)cc1. The Morgan fingerprint density at radius 1 is 1.17 bits per heavy atom. The van der Waals surface area contributed by atoms with Crippen LogP contribution >= 0.6 is 0 Å². The molecule has 5 heteroatoms. The molecule has 1 amide bonds. The van der Waals surface area contributed by atoms with Gasteiger partial charge in [-0.25, -0.2) is 0 Å². The number of carbonyl (C=O) groups excluding carboxylic acids is 3. The third-order valence-electron chi connectivity index (χ3n) is 3.87. The number of benzene rings is 1. The summed E-state index contributed by atoms with van der Waals surface area (Å²) >= 11 is 0. The molecular weight excluding hydrogens is 294 g/mol. The second-order valence-corrected chi connectivity index (χ2v) is 5.80. The van der Waals surface area contributed by atoms with Crippen molar-refractivity contribution in [2.75, 3.05) is 14.2 Å². The molecule has 1 aromatic rings. The molecule has 0 aliphatic rings. The molecule has 0 bridgehead atoms. The fourth-order valence-corrected chi connectivity index (χ4v) is 2.22. The zero-order valence-corrected chi connectivity index (χ0v) is 14.3. The van der Waals surface area contributed by atoms with E-state index in [-0.39, 0.29) is 30.1 Å². The number of aryl methyl sites for hydroxylation is 1. The summed E-state index contributed by atoms with van der Waals surface area (Å²) in [7, 11) is 3.01. The topological polar surface area (TPSA) is 63.7 Å². The van der Waals surface area contributed by atoms with E-state index in [0.717, 1.165) is 18.4 Å². The number of hydrogen-bond acceptors (Lipinski definition) is 4. The van der Waals surface area contributed by atoms with Crippen molar-refractivity contribution in [3.05, 3.63) is 35.4 Å². The first-order valence-corrected chi connectivity index (χ1v) is 7.77. The van der Waals surface area contributed by atoms with Crippen LogP contribution in [0.5, 0.6) is 0 Å². The molecule has 0 aliphatic carbocycles. The van der Waals surface area contributed by atoms with E-state index in [1.54, 1.807) is 31.0 Å². The second kappa shape index (κ2) is 9.08. The number of amides is 1. The molecule has 0 aromatic heterocycles. The quantitative estimate of drug-likeness (QED) is 0.691. The first kappa shape index (κ1) is 18.9. The van der Waals surface area contributed by atoms with Crippen LogP contribution in [-0.2, 0) is 20.7 Å². The van der Waals surface area contributed by atoms with Gasteiger partial charge in [-0.15, -0.1) is 0 Å². The van der Waals surface area contributed by atoms with Crippen molar-refractivity contribution in [2.45, 2.75) is 45.6 Å². The van der Waals surface area contributed by atoms with Gasteiger partial charge in [-0.2, -0.15) is 0 Å². The number of Topliss-reactive ketones (excluding diaryl/α,β-unsaturated/α-hetero) is 1. The zero-order chi connectivity index (χ0) is 17.4. The van der Waals surface area contributed by atoms with Crippen LogP contribution in [0.3, 0.4) is 0 Å². The second-order valence-electron chi connectivity index (χ2n) is 5.80. The van der Waals surface area contributed by atoms with Gasteiger partial charge in [0.25, 0.3) is 5.91 Å². The Kier molecular flexibility index (Phi) is 7.45. The van der Waals surface area contributed by atoms with Gasteiger partial charge < -0.3 is 14.4 Å². The van der Waals surface area contributed by atoms with Gasteiger partial charge in [0.05, 0.1) is 13.5 Å². The van der Waals surface area contributed by atoms with Gasteiger partial charge in [-0.05, 0) is 44.4 Å². The van der Waals surface area contributed by atoms with Crippen LogP contribution in [-0.4, -0.2) is 42.8 Å². The summed E-state index contributed by atoms with van der Waals surface area (Å²) in [5.41, 5.74) is 1.69. The monoisotopic (exact) mass is 319 g/mol. The van der Waals surface area contributed by atoms with E-state index < -0.39 is 0 Å². The normalized spacial score (nSPS) is 11.7. The lowest BCUT2D eigenvalue weighted by Gasteiger charge is -2.24. The molecule has 23 heavy (non-hydrogen) atoms. The summed E-state index contributed by atoms with van der Waals surface area (Å²) in [6.07, 6.45) is 2.39. The number of carbonyl (C=O) groups is 3. The summed E-state index contributed by atoms with van der Waals surface area (Å²) in [5.74, 6) is -0.271. The van der Waals surface area contributed by atoms with Crippen molar-refractivity contribution < 1.29 is 19.1 Å². The number of nitrogens with zero attached hydrogens (tertiary/aromatic N) is 1. The molecule has 126 valence electrons. The largest absolute Gasteiger partial charge is 0.469 e. The zero-order valence-electron chi connectivity index (χ0n) is 14.3. The highest BCUT2D eigenvalue weighted by atomic mass is 16.5. The standard InChI is InChI=1S/C18H25NO4/c1-13(12-17(21)23-4)19(3)18(22)16-10-8-15(9-11-16)7-5-6-14(2)20/h8-11,13H,5-7,12H2,1-4H3. The third-order valence-corrected chi connectivity index (χ3v) is 3.87. The highest BCUT2D eigenvalue weighted by Crippen LogP contribution is 2.12. The van der Waals surface area contributed by atoms with E-state index in [4.69, 9.17) is 0 Å². The number of rotatable bonds is 8. The summed E-state index contributed by atoms with van der Waals surface area (Å²) in [6.45, 7) is 3.40. The molecule has 0 spiro atoms. The lowest BCUT2D eigenvalue weighted by Crippen LogP contribution is -2.36. The van der Waals surface area contributed by atoms with E-state index in [1.807, 2.05) is 19.1 Å². The Hall–Kier alpha value is -2.17. The van der Waals surface area contributed by atoms with Crippen LogP contribution in [0.15, 0.2) is 24.3 Å². The molecule has 0 heterocycles. The van der Waals surface area contributed by atoms with E-state index in [0.29, 0.717) is 12.0 Å². The van der Waals surface area contributed by atoms with Gasteiger partial charge in [0.2, 0.25) is 0 Å². The molecule has 0 saturated carbocycles. The van der Waals surface area contributed by atoms with Crippen LogP contribution in [0.2, 0.25) is 0 Å². The molecule has 0 saturated heterocycles. The van der Waals surface area contributed by atoms with Gasteiger partial charge in [-0.1, -0.05) is 12.1 Å². The minimum absolute atomic E-state index is 0.128. The van der Waals surface area contributed by atoms with Gasteiger partial charge in [0.15, 0.2) is 0 Å². The van der Waals surface area contributed by atoms with Gasteiger partial charge in [-0.3, -0.25) is 9.59 Å². The highest BCUT2D eigenvalue weighted by Gasteiger charge is 2.20. The molecule has 0 N–H and O–H groups in total. The van der Waals surface area contributed by atoms with Crippen LogP contribution in [0.1, 0.15) is 49.0 Å². The van der Waals surface area contributed by atoms with E-state index in [1.165, 1.54) is 7.11 Å². The van der Waals surface area contributed by atoms with Gasteiger partial charge >= 0.3 is 5.97 Å². The predicted octanol–water partition coefficient (Wildman–Crippen LogP) is 2.62. The summed E-state index contributed by atoms with van der Waals surface area (Å²) in [6, 6.07) is 7.16. The molecule has 1 atom stereocenters. The molecule has 5 nitrogen and oxygen atoms in total. The molecular formula is C18H25NO4. The smallest absolute Gasteiger partial charge is 0.307 e. The van der Waals surface area contributed by atoms with Crippen LogP contribution in [0.4, 0.5) is 0 Å². The van der Waals surface area contributed by atoms with Crippen LogP contribution in [0, 0.1) is 0 Å². The van der Waals surface area contributed by atoms with Crippen molar-refractivity contribution in [1.82, 2.24) is 4.90 Å². The van der Waals surface area contributed by atoms with Crippen molar-refractivity contribution >= 4 is 17.7 Å². The summed E-state index contributed by atoms with van der Waals surface area (Å²) < 4.78 is 4.63. The fourth-order valence-electron chi connectivity index (χ4n) is 2.22. The van der Waals surface area contributed by atoms with Crippen molar-refractivity contribution in [1.29, 1.82) is 0 Å². The third kappa shape index (κ3) is 6.22. The van der Waals surface area contributed by atoms with Crippen molar-refractivity contribution in [2.24, 2.45) is 0 Å². The molecule has 1 unspecified atom stereocenters. The first-order valence-electron chi connectivity index (χ1n) is 7.77. The lowest BCUT2D eigenvalue weighted by atomic mass is 10.0. The fraction of sp³-hybridized carbons (Fsp3) is 0.500. The first-order chi connectivity index (χ1) is 10.8. The number of esters is 1. The molecule has 0 aliphatic heterocycles. The Balaban J connectivity index is 2.62. The maximum atomic E-state index is 12.4. The maximum absolute atomic E-state index is 12.4. The number of methoxy groups -OCH3 is 1. The minimum atomic E-state index is -0.335. The number of ketones is 1. The van der Waals surface area contributed by atoms with Crippen molar-refractivity contribution in [3.63, 3.8) is 0 Å². The molecule has 0 radical (unpaired) electrons. The van der Waals surface area contributed by atoms with E-state index >= 15 is 0 Å². The maximum Gasteiger partial charge on any atom is 0.307 e. The Morgan fingerprint density at radius 3 is 2.30 bits per heavy atom. The molecule has 0 fully saturated rings. The molecule has 1 aromatic carbocycles. The van der Waals surface area contributed by atoms with E-state index in [9.17, 15) is 14.4 Å².